The molecule has 1 aromatic carbocycles. The summed E-state index contributed by atoms with van der Waals surface area (Å²) in [4.78, 5) is 23.2. The summed E-state index contributed by atoms with van der Waals surface area (Å²) in [5.74, 6) is -3.02. The summed E-state index contributed by atoms with van der Waals surface area (Å²) in [5, 5.41) is 1.71. The average Bonchev–Trinajstić information content (AvgIpc) is 2.46. The molecule has 0 saturated carbocycles. The van der Waals surface area contributed by atoms with Gasteiger partial charge in [-0.25, -0.2) is 4.79 Å². The quantitative estimate of drug-likeness (QED) is 0.782. The van der Waals surface area contributed by atoms with Crippen LogP contribution in [-0.2, 0) is 20.7 Å². The standard InChI is InChI=1S/C16H20F3NO3/c1-3-7-11(2)23-14(21)13(20-15(22)16(17,18)19)10-12-8-5-4-6-9-12/h4-6,8-9,11,13H,3,7,10H2,1-2H3,(H,20,22)/t11?,13-/m0/s1. The van der Waals surface area contributed by atoms with Gasteiger partial charge in [0, 0.05) is 6.42 Å². The molecular weight excluding hydrogens is 311 g/mol. The molecule has 0 aromatic heterocycles. The lowest BCUT2D eigenvalue weighted by molar-refractivity contribution is -0.176. The highest BCUT2D eigenvalue weighted by atomic mass is 19.4. The van der Waals surface area contributed by atoms with Crippen molar-refractivity contribution in [1.29, 1.82) is 0 Å². The Morgan fingerprint density at radius 1 is 1.22 bits per heavy atom. The Labute approximate surface area is 133 Å². The first kappa shape index (κ1) is 19.0. The van der Waals surface area contributed by atoms with E-state index in [-0.39, 0.29) is 6.42 Å². The van der Waals surface area contributed by atoms with Gasteiger partial charge in [-0.1, -0.05) is 43.7 Å². The Kier molecular flexibility index (Phi) is 7.06. The third-order valence-corrected chi connectivity index (χ3v) is 3.14. The van der Waals surface area contributed by atoms with Crippen molar-refractivity contribution >= 4 is 11.9 Å². The van der Waals surface area contributed by atoms with Crippen molar-refractivity contribution in [3.63, 3.8) is 0 Å². The largest absolute Gasteiger partial charge is 0.471 e. The van der Waals surface area contributed by atoms with Gasteiger partial charge in [0.2, 0.25) is 0 Å². The van der Waals surface area contributed by atoms with E-state index in [1.807, 2.05) is 6.92 Å². The number of amides is 1. The van der Waals surface area contributed by atoms with Gasteiger partial charge in [0.1, 0.15) is 6.04 Å². The Morgan fingerprint density at radius 2 is 1.83 bits per heavy atom. The van der Waals surface area contributed by atoms with Crippen LogP contribution in [0, 0.1) is 0 Å². The Balaban J connectivity index is 2.83. The van der Waals surface area contributed by atoms with Crippen molar-refractivity contribution in [3.8, 4) is 0 Å². The number of nitrogens with one attached hydrogen (secondary N) is 1. The molecule has 0 spiro atoms. The molecule has 0 saturated heterocycles. The second-order valence-corrected chi connectivity index (χ2v) is 5.25. The van der Waals surface area contributed by atoms with E-state index >= 15 is 0 Å². The van der Waals surface area contributed by atoms with Crippen LogP contribution >= 0.6 is 0 Å². The van der Waals surface area contributed by atoms with Crippen molar-refractivity contribution in [2.45, 2.75) is 51.4 Å². The summed E-state index contributed by atoms with van der Waals surface area (Å²) < 4.78 is 42.4. The van der Waals surface area contributed by atoms with E-state index in [2.05, 4.69) is 0 Å². The molecule has 0 fully saturated rings. The third kappa shape index (κ3) is 6.71. The smallest absolute Gasteiger partial charge is 0.461 e. The molecule has 0 heterocycles. The van der Waals surface area contributed by atoms with Crippen molar-refractivity contribution in [1.82, 2.24) is 5.32 Å². The van der Waals surface area contributed by atoms with E-state index in [0.29, 0.717) is 12.0 Å². The fourth-order valence-corrected chi connectivity index (χ4v) is 2.03. The van der Waals surface area contributed by atoms with Gasteiger partial charge in [-0.15, -0.1) is 0 Å². The predicted molar refractivity (Wildman–Crippen MR) is 78.6 cm³/mol. The first-order valence-electron chi connectivity index (χ1n) is 7.36. The predicted octanol–water partition coefficient (Wildman–Crippen LogP) is 3.01. The minimum absolute atomic E-state index is 0.0691. The molecule has 128 valence electrons. The summed E-state index contributed by atoms with van der Waals surface area (Å²) in [7, 11) is 0. The molecular formula is C16H20F3NO3. The molecule has 2 atom stereocenters. The zero-order valence-electron chi connectivity index (χ0n) is 13.0. The zero-order chi connectivity index (χ0) is 17.5. The monoisotopic (exact) mass is 331 g/mol. The van der Waals surface area contributed by atoms with E-state index in [1.165, 1.54) is 0 Å². The molecule has 0 aliphatic carbocycles. The number of esters is 1. The van der Waals surface area contributed by atoms with Gasteiger partial charge in [-0.05, 0) is 18.9 Å². The average molecular weight is 331 g/mol. The fraction of sp³-hybridized carbons (Fsp3) is 0.500. The lowest BCUT2D eigenvalue weighted by atomic mass is 10.1. The summed E-state index contributed by atoms with van der Waals surface area (Å²) in [6.45, 7) is 3.56. The van der Waals surface area contributed by atoms with Crippen LogP contribution in [0.25, 0.3) is 0 Å². The highest BCUT2D eigenvalue weighted by molar-refractivity contribution is 5.87. The summed E-state index contributed by atoms with van der Waals surface area (Å²) in [6, 6.07) is 7.08. The highest BCUT2D eigenvalue weighted by Gasteiger charge is 2.41. The minimum atomic E-state index is -5.05. The first-order valence-corrected chi connectivity index (χ1v) is 7.36. The fourth-order valence-electron chi connectivity index (χ4n) is 2.03. The normalized spacial score (nSPS) is 14.0. The molecule has 1 rings (SSSR count). The summed E-state index contributed by atoms with van der Waals surface area (Å²) in [6.07, 6.45) is -4.18. The van der Waals surface area contributed by atoms with Crippen molar-refractivity contribution < 1.29 is 27.5 Å². The highest BCUT2D eigenvalue weighted by Crippen LogP contribution is 2.16. The third-order valence-electron chi connectivity index (χ3n) is 3.14. The van der Waals surface area contributed by atoms with Gasteiger partial charge in [0.05, 0.1) is 6.10 Å². The SMILES string of the molecule is CCCC(C)OC(=O)[C@H](Cc1ccccc1)NC(=O)C(F)(F)F. The number of ether oxygens (including phenoxy) is 1. The van der Waals surface area contributed by atoms with Crippen LogP contribution in [0.3, 0.4) is 0 Å². The van der Waals surface area contributed by atoms with Crippen LogP contribution in [-0.4, -0.2) is 30.2 Å². The molecule has 0 bridgehead atoms. The van der Waals surface area contributed by atoms with Crippen LogP contribution in [0.4, 0.5) is 13.2 Å². The van der Waals surface area contributed by atoms with E-state index in [4.69, 9.17) is 4.74 Å². The Hall–Kier alpha value is -2.05. The maximum absolute atomic E-state index is 12.4. The molecule has 0 aliphatic rings. The maximum atomic E-state index is 12.4. The molecule has 0 aliphatic heterocycles. The van der Waals surface area contributed by atoms with Crippen molar-refractivity contribution in [3.05, 3.63) is 35.9 Å². The molecule has 1 amide bonds. The number of rotatable bonds is 7. The molecule has 0 radical (unpaired) electrons. The molecule has 4 nitrogen and oxygen atoms in total. The van der Waals surface area contributed by atoms with E-state index in [9.17, 15) is 22.8 Å². The number of carbonyl (C=O) groups excluding carboxylic acids is 2. The topological polar surface area (TPSA) is 55.4 Å². The maximum Gasteiger partial charge on any atom is 0.471 e. The molecule has 1 N–H and O–H groups in total. The molecule has 23 heavy (non-hydrogen) atoms. The van der Waals surface area contributed by atoms with Gasteiger partial charge >= 0.3 is 18.1 Å². The van der Waals surface area contributed by atoms with Crippen molar-refractivity contribution in [2.24, 2.45) is 0 Å². The molecule has 1 unspecified atom stereocenters. The van der Waals surface area contributed by atoms with E-state index in [0.717, 1.165) is 6.42 Å². The van der Waals surface area contributed by atoms with Gasteiger partial charge < -0.3 is 10.1 Å². The number of halogens is 3. The number of hydrogen-bond donors (Lipinski definition) is 1. The minimum Gasteiger partial charge on any atom is -0.461 e. The second kappa shape index (κ2) is 8.55. The zero-order valence-corrected chi connectivity index (χ0v) is 13.0. The van der Waals surface area contributed by atoms with Crippen LogP contribution in [0.2, 0.25) is 0 Å². The van der Waals surface area contributed by atoms with Crippen molar-refractivity contribution in [2.75, 3.05) is 0 Å². The lowest BCUT2D eigenvalue weighted by Gasteiger charge is -2.21. The first-order chi connectivity index (χ1) is 10.7. The lowest BCUT2D eigenvalue weighted by Crippen LogP contribution is -2.49. The number of benzene rings is 1. The van der Waals surface area contributed by atoms with Gasteiger partial charge in [-0.2, -0.15) is 13.2 Å². The summed E-state index contributed by atoms with van der Waals surface area (Å²) >= 11 is 0. The van der Waals surface area contributed by atoms with E-state index in [1.54, 1.807) is 42.6 Å². The van der Waals surface area contributed by atoms with E-state index < -0.39 is 30.2 Å². The van der Waals surface area contributed by atoms with Gasteiger partial charge in [0.25, 0.3) is 0 Å². The second-order valence-electron chi connectivity index (χ2n) is 5.25. The van der Waals surface area contributed by atoms with Crippen LogP contribution < -0.4 is 5.32 Å². The van der Waals surface area contributed by atoms with Gasteiger partial charge in [-0.3, -0.25) is 4.79 Å². The number of hydrogen-bond acceptors (Lipinski definition) is 3. The summed E-state index contributed by atoms with van der Waals surface area (Å²) in [5.41, 5.74) is 0.625. The molecule has 7 heteroatoms. The van der Waals surface area contributed by atoms with Crippen LogP contribution in [0.15, 0.2) is 30.3 Å². The van der Waals surface area contributed by atoms with Gasteiger partial charge in [0.15, 0.2) is 0 Å². The van der Waals surface area contributed by atoms with Crippen LogP contribution in [0.1, 0.15) is 32.3 Å². The Bertz CT molecular complexity index is 517. The number of alkyl halides is 3. The number of carbonyl (C=O) groups is 2. The van der Waals surface area contributed by atoms with Crippen LogP contribution in [0.5, 0.6) is 0 Å². The Morgan fingerprint density at radius 3 is 2.35 bits per heavy atom. The molecule has 1 aromatic rings.